The second-order valence-electron chi connectivity index (χ2n) is 8.07. The lowest BCUT2D eigenvalue weighted by Crippen LogP contribution is -2.29. The van der Waals surface area contributed by atoms with Crippen molar-refractivity contribution < 1.29 is 9.32 Å². The van der Waals surface area contributed by atoms with E-state index in [1.165, 1.54) is 0 Å². The molecule has 0 aliphatic carbocycles. The highest BCUT2D eigenvalue weighted by molar-refractivity contribution is 5.96. The van der Waals surface area contributed by atoms with Crippen LogP contribution in [0.1, 0.15) is 45.0 Å². The van der Waals surface area contributed by atoms with Crippen molar-refractivity contribution in [3.63, 3.8) is 0 Å². The second-order valence-corrected chi connectivity index (χ2v) is 8.07. The Bertz CT molecular complexity index is 1250. The summed E-state index contributed by atoms with van der Waals surface area (Å²) < 4.78 is 7.43. The Morgan fingerprint density at radius 2 is 1.84 bits per heavy atom. The quantitative estimate of drug-likeness (QED) is 0.491. The normalized spacial score (nSPS) is 18.3. The van der Waals surface area contributed by atoms with Crippen LogP contribution in [0.25, 0.3) is 11.4 Å². The van der Waals surface area contributed by atoms with Gasteiger partial charge in [0.05, 0.1) is 17.2 Å². The van der Waals surface area contributed by atoms with Gasteiger partial charge in [-0.25, -0.2) is 0 Å². The van der Waals surface area contributed by atoms with Gasteiger partial charge in [-0.3, -0.25) is 19.4 Å². The zero-order valence-corrected chi connectivity index (χ0v) is 18.1. The predicted octanol–water partition coefficient (Wildman–Crippen LogP) is 2.90. The maximum Gasteiger partial charge on any atom is 0.257 e. The number of aryl methyl sites for hydroxylation is 2. The number of hydrogen-bond donors (Lipinski definition) is 0. The standard InChI is InChI=1S/C23H23N7O2/c1-14-20(15(2)29(3)27-14)23(31)30-12-18(17-5-4-8-25-11-17)19(13-30)22-26-21(28-32-22)16-6-9-24-10-7-16/h4-11,18-19H,12-13H2,1-3H3/t18-,19+/m0/s1. The molecule has 0 saturated carbocycles. The summed E-state index contributed by atoms with van der Waals surface area (Å²) in [7, 11) is 1.85. The van der Waals surface area contributed by atoms with Gasteiger partial charge >= 0.3 is 0 Å². The number of pyridine rings is 2. The van der Waals surface area contributed by atoms with Gasteiger partial charge in [-0.15, -0.1) is 0 Å². The summed E-state index contributed by atoms with van der Waals surface area (Å²) in [4.78, 5) is 28.3. The molecule has 0 spiro atoms. The first-order valence-corrected chi connectivity index (χ1v) is 10.5. The Hall–Kier alpha value is -3.88. The highest BCUT2D eigenvalue weighted by atomic mass is 16.5. The maximum atomic E-state index is 13.5. The highest BCUT2D eigenvalue weighted by Crippen LogP contribution is 2.40. The molecule has 2 atom stereocenters. The van der Waals surface area contributed by atoms with Gasteiger partial charge in [0.1, 0.15) is 0 Å². The Kier molecular flexibility index (Phi) is 5.01. The van der Waals surface area contributed by atoms with Gasteiger partial charge < -0.3 is 9.42 Å². The van der Waals surface area contributed by atoms with E-state index < -0.39 is 0 Å². The number of rotatable bonds is 4. The van der Waals surface area contributed by atoms with E-state index in [-0.39, 0.29) is 17.7 Å². The van der Waals surface area contributed by atoms with Crippen molar-refractivity contribution in [2.75, 3.05) is 13.1 Å². The molecule has 0 radical (unpaired) electrons. The molecule has 0 bridgehead atoms. The smallest absolute Gasteiger partial charge is 0.257 e. The van der Waals surface area contributed by atoms with Gasteiger partial charge in [-0.2, -0.15) is 10.1 Å². The lowest BCUT2D eigenvalue weighted by molar-refractivity contribution is 0.0786. The number of likely N-dealkylation sites (tertiary alicyclic amines) is 1. The minimum atomic E-state index is -0.136. The first kappa shape index (κ1) is 20.0. The Morgan fingerprint density at radius 3 is 2.53 bits per heavy atom. The van der Waals surface area contributed by atoms with Crippen LogP contribution in [0.5, 0.6) is 0 Å². The van der Waals surface area contributed by atoms with Crippen molar-refractivity contribution in [3.8, 4) is 11.4 Å². The molecular weight excluding hydrogens is 406 g/mol. The number of hydrogen-bond acceptors (Lipinski definition) is 7. The zero-order valence-electron chi connectivity index (χ0n) is 18.1. The molecule has 4 aromatic rings. The average Bonchev–Trinajstić information content (AvgIpc) is 3.53. The largest absolute Gasteiger partial charge is 0.339 e. The molecule has 0 unspecified atom stereocenters. The summed E-state index contributed by atoms with van der Waals surface area (Å²) in [5, 5.41) is 8.58. The van der Waals surface area contributed by atoms with Gasteiger partial charge in [0.15, 0.2) is 0 Å². The van der Waals surface area contributed by atoms with Gasteiger partial charge in [0.25, 0.3) is 5.91 Å². The van der Waals surface area contributed by atoms with Gasteiger partial charge in [0.2, 0.25) is 11.7 Å². The summed E-state index contributed by atoms with van der Waals surface area (Å²) in [6.45, 7) is 4.80. The highest BCUT2D eigenvalue weighted by Gasteiger charge is 2.41. The fourth-order valence-electron chi connectivity index (χ4n) is 4.40. The van der Waals surface area contributed by atoms with E-state index >= 15 is 0 Å². The lowest BCUT2D eigenvalue weighted by atomic mass is 9.90. The fourth-order valence-corrected chi connectivity index (χ4v) is 4.40. The number of carbonyl (C=O) groups excluding carboxylic acids is 1. The molecule has 1 fully saturated rings. The van der Waals surface area contributed by atoms with E-state index in [0.717, 1.165) is 22.5 Å². The topological polar surface area (TPSA) is 103 Å². The summed E-state index contributed by atoms with van der Waals surface area (Å²) in [5.74, 6) is 0.856. The van der Waals surface area contributed by atoms with Crippen molar-refractivity contribution in [2.24, 2.45) is 7.05 Å². The van der Waals surface area contributed by atoms with E-state index in [1.807, 2.05) is 56.3 Å². The van der Waals surface area contributed by atoms with Crippen molar-refractivity contribution in [3.05, 3.63) is 77.5 Å². The van der Waals surface area contributed by atoms with Crippen molar-refractivity contribution in [1.29, 1.82) is 0 Å². The molecule has 5 rings (SSSR count). The van der Waals surface area contributed by atoms with E-state index in [1.54, 1.807) is 23.3 Å². The number of amides is 1. The van der Waals surface area contributed by atoms with Crippen LogP contribution in [-0.2, 0) is 7.05 Å². The summed E-state index contributed by atoms with van der Waals surface area (Å²) in [6, 6.07) is 7.61. The third-order valence-corrected chi connectivity index (χ3v) is 6.14. The van der Waals surface area contributed by atoms with Crippen LogP contribution in [0, 0.1) is 13.8 Å². The van der Waals surface area contributed by atoms with Crippen LogP contribution in [0.15, 0.2) is 53.6 Å². The molecule has 32 heavy (non-hydrogen) atoms. The molecular formula is C23H23N7O2. The monoisotopic (exact) mass is 429 g/mol. The van der Waals surface area contributed by atoms with Gasteiger partial charge in [-0.05, 0) is 37.6 Å². The maximum absolute atomic E-state index is 13.5. The average molecular weight is 429 g/mol. The van der Waals surface area contributed by atoms with Crippen LogP contribution in [0.3, 0.4) is 0 Å². The molecule has 1 amide bonds. The van der Waals surface area contributed by atoms with E-state index in [4.69, 9.17) is 4.52 Å². The summed E-state index contributed by atoms with van der Waals surface area (Å²) >= 11 is 0. The minimum absolute atomic E-state index is 0.00401. The molecule has 5 heterocycles. The molecule has 1 aliphatic rings. The predicted molar refractivity (Wildman–Crippen MR) is 116 cm³/mol. The lowest BCUT2D eigenvalue weighted by Gasteiger charge is -2.16. The van der Waals surface area contributed by atoms with Gasteiger partial charge in [0, 0.05) is 62.1 Å². The Morgan fingerprint density at radius 1 is 1.06 bits per heavy atom. The van der Waals surface area contributed by atoms with Crippen molar-refractivity contribution in [2.45, 2.75) is 25.7 Å². The van der Waals surface area contributed by atoms with Crippen molar-refractivity contribution in [1.82, 2.24) is 34.8 Å². The molecule has 0 N–H and O–H groups in total. The number of aromatic nitrogens is 6. The molecule has 9 heteroatoms. The number of carbonyl (C=O) groups is 1. The van der Waals surface area contributed by atoms with Crippen LogP contribution in [0.4, 0.5) is 0 Å². The summed E-state index contributed by atoms with van der Waals surface area (Å²) in [5.41, 5.74) is 4.11. The summed E-state index contributed by atoms with van der Waals surface area (Å²) in [6.07, 6.45) is 6.97. The Balaban J connectivity index is 1.49. The Labute approximate surface area is 185 Å². The molecule has 1 aliphatic heterocycles. The SMILES string of the molecule is Cc1nn(C)c(C)c1C(=O)N1C[C@@H](c2cccnc2)[C@H](c2nc(-c3ccncc3)no2)C1. The van der Waals surface area contributed by atoms with Crippen molar-refractivity contribution >= 4 is 5.91 Å². The molecule has 162 valence electrons. The van der Waals surface area contributed by atoms with E-state index in [9.17, 15) is 4.79 Å². The second kappa shape index (κ2) is 7.99. The fraction of sp³-hybridized carbons (Fsp3) is 0.304. The minimum Gasteiger partial charge on any atom is -0.339 e. The van der Waals surface area contributed by atoms with Crippen LogP contribution >= 0.6 is 0 Å². The third kappa shape index (κ3) is 3.45. The van der Waals surface area contributed by atoms with Crippen LogP contribution < -0.4 is 0 Å². The third-order valence-electron chi connectivity index (χ3n) is 6.14. The zero-order chi connectivity index (χ0) is 22.2. The van der Waals surface area contributed by atoms with Crippen LogP contribution in [-0.4, -0.2) is 53.8 Å². The van der Waals surface area contributed by atoms with E-state index in [2.05, 4.69) is 25.2 Å². The first-order chi connectivity index (χ1) is 15.5. The molecule has 1 saturated heterocycles. The number of nitrogens with zero attached hydrogens (tertiary/aromatic N) is 7. The molecule has 9 nitrogen and oxygen atoms in total. The first-order valence-electron chi connectivity index (χ1n) is 10.5. The van der Waals surface area contributed by atoms with Crippen LogP contribution in [0.2, 0.25) is 0 Å². The molecule has 4 aromatic heterocycles. The van der Waals surface area contributed by atoms with E-state index in [0.29, 0.717) is 30.4 Å². The molecule has 0 aromatic carbocycles. The van der Waals surface area contributed by atoms with Gasteiger partial charge in [-0.1, -0.05) is 11.2 Å².